The average molecular weight is 238 g/mol. The lowest BCUT2D eigenvalue weighted by Gasteiger charge is -2.07. The van der Waals surface area contributed by atoms with Gasteiger partial charge in [-0.15, -0.1) is 0 Å². The van der Waals surface area contributed by atoms with Gasteiger partial charge in [0.1, 0.15) is 0 Å². The molecule has 1 aliphatic heterocycles. The van der Waals surface area contributed by atoms with Gasteiger partial charge in [0.25, 0.3) is 0 Å². The number of anilines is 2. The molecule has 0 amide bonds. The van der Waals surface area contributed by atoms with Gasteiger partial charge in [0.15, 0.2) is 0 Å². The van der Waals surface area contributed by atoms with Crippen molar-refractivity contribution in [3.63, 3.8) is 0 Å². The summed E-state index contributed by atoms with van der Waals surface area (Å²) >= 11 is 1.66. The smallest absolute Gasteiger partial charge is 0.0614 e. The summed E-state index contributed by atoms with van der Waals surface area (Å²) in [4.78, 5) is 1.26. The van der Waals surface area contributed by atoms with Crippen LogP contribution in [-0.4, -0.2) is 0 Å². The molecule has 0 aromatic heterocycles. The Labute approximate surface area is 103 Å². The zero-order valence-corrected chi connectivity index (χ0v) is 9.84. The molecule has 1 aliphatic rings. The Balaban J connectivity index is 2.34. The van der Waals surface area contributed by atoms with Gasteiger partial charge in [-0.1, -0.05) is 24.3 Å². The molecule has 0 spiro atoms. The molecule has 3 aromatic rings. The van der Waals surface area contributed by atoms with Gasteiger partial charge in [-0.25, -0.2) is 0 Å². The molecule has 3 heteroatoms. The highest BCUT2D eigenvalue weighted by Gasteiger charge is 2.18. The van der Waals surface area contributed by atoms with Crippen molar-refractivity contribution in [3.8, 4) is 0 Å². The van der Waals surface area contributed by atoms with E-state index in [1.165, 1.54) is 26.7 Å². The third-order valence-corrected chi connectivity index (χ3v) is 4.15. The molecule has 0 saturated heterocycles. The molecule has 1 heterocycles. The first-order valence-corrected chi connectivity index (χ1v) is 6.33. The van der Waals surface area contributed by atoms with Crippen molar-refractivity contribution in [2.75, 3.05) is 10.5 Å². The van der Waals surface area contributed by atoms with Crippen LogP contribution in [0.3, 0.4) is 0 Å². The lowest BCUT2D eigenvalue weighted by Crippen LogP contribution is -1.88. The SMILES string of the molecule is Nc1ccc2c3c(c4ccccc4cc13)NS2. The Morgan fingerprint density at radius 2 is 1.88 bits per heavy atom. The number of rotatable bonds is 0. The Bertz CT molecular complexity index is 765. The van der Waals surface area contributed by atoms with Crippen LogP contribution < -0.4 is 10.5 Å². The topological polar surface area (TPSA) is 38.0 Å². The van der Waals surface area contributed by atoms with E-state index in [1.54, 1.807) is 11.9 Å². The van der Waals surface area contributed by atoms with E-state index < -0.39 is 0 Å². The number of nitrogen functional groups attached to an aromatic ring is 1. The van der Waals surface area contributed by atoms with E-state index in [-0.39, 0.29) is 0 Å². The molecule has 0 atom stereocenters. The molecular formula is C14H10N2S. The van der Waals surface area contributed by atoms with Crippen molar-refractivity contribution in [1.82, 2.24) is 0 Å². The van der Waals surface area contributed by atoms with Crippen LogP contribution in [0.2, 0.25) is 0 Å². The highest BCUT2D eigenvalue weighted by molar-refractivity contribution is 8.01. The molecule has 0 radical (unpaired) electrons. The van der Waals surface area contributed by atoms with Crippen molar-refractivity contribution >= 4 is 44.9 Å². The minimum absolute atomic E-state index is 0.847. The van der Waals surface area contributed by atoms with E-state index in [1.807, 2.05) is 6.07 Å². The number of benzene rings is 3. The quantitative estimate of drug-likeness (QED) is 0.353. The van der Waals surface area contributed by atoms with Gasteiger partial charge >= 0.3 is 0 Å². The van der Waals surface area contributed by atoms with Crippen molar-refractivity contribution in [1.29, 1.82) is 0 Å². The van der Waals surface area contributed by atoms with Gasteiger partial charge in [-0.05, 0) is 35.5 Å². The molecular weight excluding hydrogens is 228 g/mol. The standard InChI is InChI=1S/C14H10N2S/c15-11-5-6-12-13-10(11)7-8-3-1-2-4-9(8)14(13)16-17-12/h1-7,16H,15H2. The predicted octanol–water partition coefficient (Wildman–Crippen LogP) is 4.01. The first-order valence-electron chi connectivity index (χ1n) is 5.51. The summed E-state index contributed by atoms with van der Waals surface area (Å²) in [7, 11) is 0. The second kappa shape index (κ2) is 3.08. The lowest BCUT2D eigenvalue weighted by molar-refractivity contribution is 1.58. The summed E-state index contributed by atoms with van der Waals surface area (Å²) in [5.41, 5.74) is 8.12. The largest absolute Gasteiger partial charge is 0.398 e. The Morgan fingerprint density at radius 3 is 2.82 bits per heavy atom. The maximum absolute atomic E-state index is 6.08. The molecule has 0 bridgehead atoms. The molecule has 3 aromatic carbocycles. The molecule has 0 unspecified atom stereocenters. The van der Waals surface area contributed by atoms with E-state index >= 15 is 0 Å². The first kappa shape index (κ1) is 9.19. The Hall–Kier alpha value is -1.87. The average Bonchev–Trinajstić information content (AvgIpc) is 2.79. The third kappa shape index (κ3) is 1.12. The molecule has 0 fully saturated rings. The normalized spacial score (nSPS) is 13.2. The number of nitrogens with one attached hydrogen (secondary N) is 1. The summed E-state index contributed by atoms with van der Waals surface area (Å²) in [5.74, 6) is 0. The van der Waals surface area contributed by atoms with Crippen LogP contribution in [0.1, 0.15) is 0 Å². The Morgan fingerprint density at radius 1 is 1.00 bits per heavy atom. The zero-order chi connectivity index (χ0) is 11.4. The van der Waals surface area contributed by atoms with Crippen LogP contribution in [0.15, 0.2) is 47.4 Å². The molecule has 0 saturated carbocycles. The fourth-order valence-corrected chi connectivity index (χ4v) is 3.34. The summed E-state index contributed by atoms with van der Waals surface area (Å²) in [6, 6.07) is 14.7. The maximum atomic E-state index is 6.08. The van der Waals surface area contributed by atoms with E-state index in [9.17, 15) is 0 Å². The zero-order valence-electron chi connectivity index (χ0n) is 9.03. The summed E-state index contributed by atoms with van der Waals surface area (Å²) in [5, 5.41) is 4.90. The third-order valence-electron chi connectivity index (χ3n) is 3.28. The highest BCUT2D eigenvalue weighted by Crippen LogP contribution is 2.46. The Kier molecular flexibility index (Phi) is 1.66. The number of hydrogen-bond donors (Lipinski definition) is 2. The number of nitrogens with two attached hydrogens (primary N) is 1. The van der Waals surface area contributed by atoms with Crippen LogP contribution in [0.25, 0.3) is 21.5 Å². The van der Waals surface area contributed by atoms with Crippen LogP contribution in [-0.2, 0) is 0 Å². The molecule has 2 nitrogen and oxygen atoms in total. The summed E-state index contributed by atoms with van der Waals surface area (Å²) in [6.07, 6.45) is 0. The van der Waals surface area contributed by atoms with Gasteiger partial charge in [0, 0.05) is 26.7 Å². The van der Waals surface area contributed by atoms with Crippen molar-refractivity contribution in [3.05, 3.63) is 42.5 Å². The van der Waals surface area contributed by atoms with Crippen LogP contribution in [0.5, 0.6) is 0 Å². The van der Waals surface area contributed by atoms with Crippen molar-refractivity contribution in [2.45, 2.75) is 4.90 Å². The summed E-state index contributed by atoms with van der Waals surface area (Å²) < 4.78 is 3.40. The van der Waals surface area contributed by atoms with Crippen LogP contribution in [0, 0.1) is 0 Å². The van der Waals surface area contributed by atoms with E-state index in [0.717, 1.165) is 11.1 Å². The number of fused-ring (bicyclic) bond motifs is 2. The van der Waals surface area contributed by atoms with Gasteiger partial charge < -0.3 is 10.5 Å². The maximum Gasteiger partial charge on any atom is 0.0614 e. The fourth-order valence-electron chi connectivity index (χ4n) is 2.47. The number of hydrogen-bond acceptors (Lipinski definition) is 3. The van der Waals surface area contributed by atoms with E-state index in [2.05, 4.69) is 41.1 Å². The van der Waals surface area contributed by atoms with Crippen molar-refractivity contribution < 1.29 is 0 Å². The lowest BCUT2D eigenvalue weighted by atomic mass is 10.0. The van der Waals surface area contributed by atoms with Gasteiger partial charge in [-0.3, -0.25) is 0 Å². The molecule has 17 heavy (non-hydrogen) atoms. The van der Waals surface area contributed by atoms with Crippen LogP contribution >= 0.6 is 11.9 Å². The first-order chi connectivity index (χ1) is 8.34. The minimum atomic E-state index is 0.847. The monoisotopic (exact) mass is 238 g/mol. The van der Waals surface area contributed by atoms with Gasteiger partial charge in [-0.2, -0.15) is 0 Å². The second-order valence-electron chi connectivity index (χ2n) is 4.25. The van der Waals surface area contributed by atoms with Crippen molar-refractivity contribution in [2.24, 2.45) is 0 Å². The molecule has 82 valence electrons. The molecule has 0 aliphatic carbocycles. The van der Waals surface area contributed by atoms with Crippen LogP contribution in [0.4, 0.5) is 11.4 Å². The van der Waals surface area contributed by atoms with Gasteiger partial charge in [0.2, 0.25) is 0 Å². The van der Waals surface area contributed by atoms with Gasteiger partial charge in [0.05, 0.1) is 5.69 Å². The molecule has 3 N–H and O–H groups in total. The predicted molar refractivity (Wildman–Crippen MR) is 75.3 cm³/mol. The highest BCUT2D eigenvalue weighted by atomic mass is 32.2. The molecule has 4 rings (SSSR count). The summed E-state index contributed by atoms with van der Waals surface area (Å²) in [6.45, 7) is 0. The fraction of sp³-hybridized carbons (Fsp3) is 0. The second-order valence-corrected chi connectivity index (χ2v) is 5.10. The van der Waals surface area contributed by atoms with E-state index in [0.29, 0.717) is 0 Å². The minimum Gasteiger partial charge on any atom is -0.398 e. The van der Waals surface area contributed by atoms with E-state index in [4.69, 9.17) is 5.73 Å².